The number of anilines is 1. The van der Waals surface area contributed by atoms with Crippen molar-refractivity contribution in [3.8, 4) is 0 Å². The number of carbonyl (C=O) groups is 3. The van der Waals surface area contributed by atoms with Gasteiger partial charge in [0.05, 0.1) is 6.26 Å². The van der Waals surface area contributed by atoms with Gasteiger partial charge in [-0.2, -0.15) is 0 Å². The summed E-state index contributed by atoms with van der Waals surface area (Å²) in [6.07, 6.45) is 4.75. The number of aliphatic carboxylic acids is 1. The summed E-state index contributed by atoms with van der Waals surface area (Å²) in [6, 6.07) is 2.52. The Morgan fingerprint density at radius 1 is 1.48 bits per heavy atom. The van der Waals surface area contributed by atoms with Gasteiger partial charge in [0.2, 0.25) is 0 Å². The van der Waals surface area contributed by atoms with Crippen LogP contribution in [-0.2, 0) is 19.2 Å². The molecule has 2 aliphatic rings. The van der Waals surface area contributed by atoms with Gasteiger partial charge in [-0.15, -0.1) is 23.1 Å². The van der Waals surface area contributed by atoms with E-state index in [0.717, 1.165) is 11.3 Å². The van der Waals surface area contributed by atoms with E-state index in [1.807, 2.05) is 0 Å². The zero-order valence-corrected chi connectivity index (χ0v) is 21.2. The van der Waals surface area contributed by atoms with Crippen molar-refractivity contribution in [1.82, 2.24) is 15.2 Å². The molecule has 0 aromatic carbocycles. The van der Waals surface area contributed by atoms with Crippen LogP contribution in [0.5, 0.6) is 0 Å². The number of allylic oxidation sites excluding steroid dienone is 1. The smallest absolute Gasteiger partial charge is 1.00 e. The first kappa shape index (κ1) is 25.1. The number of β-lactam (4-membered cyclic amide) rings is 1. The normalized spacial score (nSPS) is 20.2. The Morgan fingerprint density at radius 2 is 2.27 bits per heavy atom. The fourth-order valence-electron chi connectivity index (χ4n) is 3.24. The molecule has 2 amide bonds. The van der Waals surface area contributed by atoms with E-state index in [0.29, 0.717) is 17.1 Å². The summed E-state index contributed by atoms with van der Waals surface area (Å²) in [5.74, 6) is -1.55. The van der Waals surface area contributed by atoms with Crippen molar-refractivity contribution < 1.29 is 59.7 Å². The number of oxime groups is 1. The number of hydrogen-bond donors (Lipinski definition) is 3. The van der Waals surface area contributed by atoms with Crippen LogP contribution in [0, 0.1) is 0 Å². The molecule has 0 bridgehead atoms. The Hall–Kier alpha value is -2.58. The Balaban J connectivity index is 0.00000204. The average Bonchev–Trinajstić information content (AvgIpc) is 3.45. The summed E-state index contributed by atoms with van der Waals surface area (Å²) >= 11 is 2.47. The molecule has 4 N–H and O–H groups in total. The first-order chi connectivity index (χ1) is 15.4. The van der Waals surface area contributed by atoms with E-state index >= 15 is 0 Å². The third-order valence-corrected chi connectivity index (χ3v) is 6.62. The zero-order chi connectivity index (χ0) is 22.8. The van der Waals surface area contributed by atoms with Crippen molar-refractivity contribution in [3.05, 3.63) is 52.6 Å². The van der Waals surface area contributed by atoms with Crippen molar-refractivity contribution in [2.75, 3.05) is 18.6 Å². The number of hydrogen-bond acceptors (Lipinski definition) is 10. The molecule has 2 aromatic heterocycles. The molecule has 14 heteroatoms. The van der Waals surface area contributed by atoms with Gasteiger partial charge >= 0.3 is 35.5 Å². The van der Waals surface area contributed by atoms with Crippen LogP contribution in [0.4, 0.5) is 5.13 Å². The molecule has 1 unspecified atom stereocenters. The van der Waals surface area contributed by atoms with Crippen LogP contribution < -0.4 is 40.6 Å². The number of rotatable bonds is 7. The van der Waals surface area contributed by atoms with Gasteiger partial charge in [0.15, 0.2) is 10.8 Å². The van der Waals surface area contributed by atoms with Crippen molar-refractivity contribution in [1.29, 1.82) is 0 Å². The first-order valence-corrected chi connectivity index (χ1v) is 11.1. The molecule has 1 fully saturated rings. The third kappa shape index (κ3) is 5.01. The quantitative estimate of drug-likeness (QED) is 0.173. The molecule has 2 aromatic rings. The van der Waals surface area contributed by atoms with Crippen molar-refractivity contribution >= 4 is 57.8 Å². The van der Waals surface area contributed by atoms with Gasteiger partial charge in [-0.3, -0.25) is 14.5 Å². The van der Waals surface area contributed by atoms with E-state index in [-0.39, 0.29) is 53.2 Å². The molecule has 4 heterocycles. The molecular formula is C19H18N5NaO6S2. The number of thiazole rings is 1. The summed E-state index contributed by atoms with van der Waals surface area (Å²) in [5, 5.41) is 17.2. The number of amides is 2. The number of nitrogens with zero attached hydrogens (tertiary/aromatic N) is 3. The summed E-state index contributed by atoms with van der Waals surface area (Å²) < 4.78 is 5.22. The SMILES string of the molecule is CO/N=C(/C(=O)NC1C(=O)N2C(C(=O)O)=C(/C=C/c3ccco3)CS[C@H]12)c1csc(N)n1.[H-].[Na+]. The van der Waals surface area contributed by atoms with Gasteiger partial charge in [0.1, 0.15) is 35.7 Å². The molecule has 33 heavy (non-hydrogen) atoms. The maximum atomic E-state index is 12.8. The van der Waals surface area contributed by atoms with Crippen molar-refractivity contribution in [2.45, 2.75) is 11.4 Å². The first-order valence-electron chi connectivity index (χ1n) is 9.16. The van der Waals surface area contributed by atoms with Crippen molar-refractivity contribution in [2.24, 2.45) is 5.16 Å². The average molecular weight is 500 g/mol. The molecule has 0 saturated carbocycles. The number of carbonyl (C=O) groups excluding carboxylic acids is 2. The number of fused-ring (bicyclic) bond motifs is 1. The largest absolute Gasteiger partial charge is 1.00 e. The molecular weight excluding hydrogens is 481 g/mol. The summed E-state index contributed by atoms with van der Waals surface area (Å²) in [7, 11) is 1.28. The second-order valence-electron chi connectivity index (χ2n) is 6.58. The molecule has 0 aliphatic carbocycles. The van der Waals surface area contributed by atoms with Crippen LogP contribution in [0.3, 0.4) is 0 Å². The van der Waals surface area contributed by atoms with E-state index in [1.54, 1.807) is 29.7 Å². The number of furan rings is 1. The van der Waals surface area contributed by atoms with Crippen molar-refractivity contribution in [3.63, 3.8) is 0 Å². The van der Waals surface area contributed by atoms with E-state index in [1.165, 1.54) is 30.0 Å². The Labute approximate surface area is 219 Å². The number of carboxylic acids is 1. The fraction of sp³-hybridized carbons (Fsp3) is 0.211. The molecule has 4 rings (SSSR count). The van der Waals surface area contributed by atoms with Gasteiger partial charge in [-0.25, -0.2) is 9.78 Å². The maximum absolute atomic E-state index is 12.8. The van der Waals surface area contributed by atoms with Crippen LogP contribution >= 0.6 is 23.1 Å². The van der Waals surface area contributed by atoms with Gasteiger partial charge in [-0.1, -0.05) is 11.2 Å². The van der Waals surface area contributed by atoms with Crippen LogP contribution in [-0.4, -0.2) is 62.8 Å². The molecule has 2 atom stereocenters. The second kappa shape index (κ2) is 10.6. The monoisotopic (exact) mass is 499 g/mol. The van der Waals surface area contributed by atoms with E-state index in [4.69, 9.17) is 15.0 Å². The Kier molecular flexibility index (Phi) is 8.02. The minimum Gasteiger partial charge on any atom is -1.00 e. The molecule has 0 spiro atoms. The molecule has 168 valence electrons. The fourth-order valence-corrected chi connectivity index (χ4v) is 5.11. The van der Waals surface area contributed by atoms with Gasteiger partial charge in [-0.05, 0) is 23.8 Å². The number of carboxylic acid groups (broad SMARTS) is 1. The van der Waals surface area contributed by atoms with Gasteiger partial charge in [0, 0.05) is 11.1 Å². The van der Waals surface area contributed by atoms with E-state index in [2.05, 4.69) is 15.5 Å². The number of nitrogen functional groups attached to an aromatic ring is 1. The Morgan fingerprint density at radius 3 is 2.88 bits per heavy atom. The second-order valence-corrected chi connectivity index (χ2v) is 8.58. The Bertz CT molecular complexity index is 1170. The summed E-state index contributed by atoms with van der Waals surface area (Å²) in [6.45, 7) is 0. The molecule has 0 radical (unpaired) electrons. The van der Waals surface area contributed by atoms with Crippen LogP contribution in [0.1, 0.15) is 12.9 Å². The molecule has 2 aliphatic heterocycles. The molecule has 11 nitrogen and oxygen atoms in total. The minimum atomic E-state index is -1.23. The van der Waals surface area contributed by atoms with Crippen LogP contribution in [0.2, 0.25) is 0 Å². The summed E-state index contributed by atoms with van der Waals surface area (Å²) in [5.41, 5.74) is 6.04. The maximum Gasteiger partial charge on any atom is 1.00 e. The third-order valence-electron chi connectivity index (χ3n) is 4.64. The number of nitrogens with two attached hydrogens (primary N) is 1. The predicted molar refractivity (Wildman–Crippen MR) is 119 cm³/mol. The summed E-state index contributed by atoms with van der Waals surface area (Å²) in [4.78, 5) is 47.4. The van der Waals surface area contributed by atoms with Gasteiger partial charge in [0.25, 0.3) is 11.8 Å². The van der Waals surface area contributed by atoms with E-state index in [9.17, 15) is 19.5 Å². The van der Waals surface area contributed by atoms with Gasteiger partial charge < -0.3 is 26.8 Å². The number of aromatic nitrogens is 1. The molecule has 1 saturated heterocycles. The van der Waals surface area contributed by atoms with Crippen LogP contribution in [0.25, 0.3) is 6.08 Å². The van der Waals surface area contributed by atoms with E-state index < -0.39 is 29.2 Å². The number of thioether (sulfide) groups is 1. The predicted octanol–water partition coefficient (Wildman–Crippen LogP) is -1.76. The topological polar surface area (TPSA) is 160 Å². The van der Waals surface area contributed by atoms with Crippen LogP contribution in [0.15, 0.2) is 50.7 Å². The zero-order valence-electron chi connectivity index (χ0n) is 18.5. The standard InChI is InChI=1S/C19H17N5O6S2.Na.H/c1-29-23-12(11-8-32-19(20)21-11)15(25)22-13-16(26)24-14(18(27)28)9(7-31-17(13)24)4-5-10-3-2-6-30-10;;/h2-6,8,13,17H,7H2,1H3,(H2,20,21)(H,22,25)(H,27,28);;/q;+1;-1/b5-4+,23-12+;;/t13?,17-;;/m1../s1. The number of nitrogens with one attached hydrogen (secondary N) is 1. The minimum absolute atomic E-state index is 0.